The van der Waals surface area contributed by atoms with Gasteiger partial charge in [-0.15, -0.1) is 0 Å². The highest BCUT2D eigenvalue weighted by molar-refractivity contribution is 8.15. The molecular formula is C25H23NO5S. The van der Waals surface area contributed by atoms with Crippen molar-refractivity contribution in [1.29, 1.82) is 0 Å². The van der Waals surface area contributed by atoms with Crippen molar-refractivity contribution in [1.82, 2.24) is 0 Å². The number of ether oxygens (including phenoxy) is 3. The average Bonchev–Trinajstić information content (AvgIpc) is 3.20. The monoisotopic (exact) mass is 449 g/mol. The van der Waals surface area contributed by atoms with Crippen LogP contribution in [0.2, 0.25) is 0 Å². The second kappa shape index (κ2) is 9.78. The van der Waals surface area contributed by atoms with Crippen LogP contribution in [0.3, 0.4) is 0 Å². The number of para-hydroxylation sites is 1. The first-order valence-electron chi connectivity index (χ1n) is 10.1. The van der Waals surface area contributed by atoms with Crippen LogP contribution in [0.5, 0.6) is 11.5 Å². The van der Waals surface area contributed by atoms with Crippen LogP contribution in [0.1, 0.15) is 17.2 Å². The minimum absolute atomic E-state index is 0.221. The zero-order valence-electron chi connectivity index (χ0n) is 17.8. The van der Waals surface area contributed by atoms with E-state index < -0.39 is 17.3 Å². The molecule has 3 aromatic rings. The average molecular weight is 450 g/mol. The van der Waals surface area contributed by atoms with Gasteiger partial charge in [0.15, 0.2) is 0 Å². The molecule has 1 amide bonds. The van der Waals surface area contributed by atoms with Crippen molar-refractivity contribution >= 4 is 28.7 Å². The number of thioether (sulfide) groups is 1. The molecule has 1 heterocycles. The maximum atomic E-state index is 13.0. The fourth-order valence-corrected chi connectivity index (χ4v) is 4.81. The SMILES string of the molecule is COC(=O)[C@H]1SC(=O)N(c2ccccc2)[C@@H]1c1ccc(OC)cc1OCc1ccccc1. The Morgan fingerprint density at radius 3 is 2.31 bits per heavy atom. The highest BCUT2D eigenvalue weighted by Gasteiger charge is 2.48. The van der Waals surface area contributed by atoms with Gasteiger partial charge in [0.25, 0.3) is 5.24 Å². The van der Waals surface area contributed by atoms with E-state index in [1.54, 1.807) is 24.1 Å². The van der Waals surface area contributed by atoms with Crippen molar-refractivity contribution < 1.29 is 23.8 Å². The van der Waals surface area contributed by atoms with Gasteiger partial charge < -0.3 is 14.2 Å². The number of hydrogen-bond donors (Lipinski definition) is 0. The summed E-state index contributed by atoms with van der Waals surface area (Å²) in [6, 6.07) is 23.9. The Labute approximate surface area is 191 Å². The number of benzene rings is 3. The molecule has 164 valence electrons. The first-order chi connectivity index (χ1) is 15.6. The first kappa shape index (κ1) is 21.8. The predicted octanol–water partition coefficient (Wildman–Crippen LogP) is 5.23. The van der Waals surface area contributed by atoms with Crippen molar-refractivity contribution in [2.45, 2.75) is 17.9 Å². The van der Waals surface area contributed by atoms with E-state index >= 15 is 0 Å². The van der Waals surface area contributed by atoms with Crippen LogP contribution >= 0.6 is 11.8 Å². The summed E-state index contributed by atoms with van der Waals surface area (Å²) in [6.07, 6.45) is 0. The zero-order valence-corrected chi connectivity index (χ0v) is 18.6. The van der Waals surface area contributed by atoms with Gasteiger partial charge in [-0.05, 0) is 41.6 Å². The van der Waals surface area contributed by atoms with E-state index in [0.29, 0.717) is 29.4 Å². The molecule has 0 aromatic heterocycles. The smallest absolute Gasteiger partial charge is 0.321 e. The lowest BCUT2D eigenvalue weighted by atomic mass is 9.99. The van der Waals surface area contributed by atoms with Gasteiger partial charge in [-0.3, -0.25) is 14.5 Å². The van der Waals surface area contributed by atoms with E-state index in [1.807, 2.05) is 66.7 Å². The van der Waals surface area contributed by atoms with Gasteiger partial charge in [0.2, 0.25) is 0 Å². The highest BCUT2D eigenvalue weighted by atomic mass is 32.2. The summed E-state index contributed by atoms with van der Waals surface area (Å²) in [5, 5.41) is -0.957. The van der Waals surface area contributed by atoms with Crippen molar-refractivity contribution in [2.24, 2.45) is 0 Å². The first-order valence-corrected chi connectivity index (χ1v) is 11.0. The molecule has 0 N–H and O–H groups in total. The van der Waals surface area contributed by atoms with E-state index in [0.717, 1.165) is 17.3 Å². The van der Waals surface area contributed by atoms with E-state index in [1.165, 1.54) is 7.11 Å². The van der Waals surface area contributed by atoms with Gasteiger partial charge in [0.1, 0.15) is 23.4 Å². The molecule has 6 nitrogen and oxygen atoms in total. The number of anilines is 1. The Hall–Kier alpha value is -3.45. The lowest BCUT2D eigenvalue weighted by Gasteiger charge is -2.28. The number of methoxy groups -OCH3 is 2. The zero-order chi connectivity index (χ0) is 22.5. The van der Waals surface area contributed by atoms with E-state index in [-0.39, 0.29) is 5.24 Å². The Balaban J connectivity index is 1.78. The molecule has 0 bridgehead atoms. The van der Waals surface area contributed by atoms with Gasteiger partial charge in [-0.25, -0.2) is 0 Å². The summed E-state index contributed by atoms with van der Waals surface area (Å²) in [6.45, 7) is 0.336. The molecule has 1 aliphatic rings. The number of hydrogen-bond acceptors (Lipinski definition) is 6. The Morgan fingerprint density at radius 2 is 1.66 bits per heavy atom. The van der Waals surface area contributed by atoms with Gasteiger partial charge in [0, 0.05) is 17.3 Å². The van der Waals surface area contributed by atoms with Crippen LogP contribution in [-0.4, -0.2) is 30.7 Å². The summed E-state index contributed by atoms with van der Waals surface area (Å²) < 4.78 is 16.6. The van der Waals surface area contributed by atoms with E-state index in [9.17, 15) is 9.59 Å². The van der Waals surface area contributed by atoms with Crippen LogP contribution in [0.15, 0.2) is 78.9 Å². The van der Waals surface area contributed by atoms with Crippen LogP contribution in [-0.2, 0) is 16.1 Å². The van der Waals surface area contributed by atoms with Crippen LogP contribution in [0.25, 0.3) is 0 Å². The molecule has 0 radical (unpaired) electrons. The quantitative estimate of drug-likeness (QED) is 0.460. The number of amides is 1. The third-order valence-electron chi connectivity index (χ3n) is 5.23. The largest absolute Gasteiger partial charge is 0.497 e. The molecule has 32 heavy (non-hydrogen) atoms. The number of esters is 1. The molecule has 1 fully saturated rings. The Kier molecular flexibility index (Phi) is 6.66. The fraction of sp³-hybridized carbons (Fsp3) is 0.200. The number of nitrogens with zero attached hydrogens (tertiary/aromatic N) is 1. The number of rotatable bonds is 7. The third-order valence-corrected chi connectivity index (χ3v) is 6.34. The van der Waals surface area contributed by atoms with Crippen molar-refractivity contribution in [3.63, 3.8) is 0 Å². The van der Waals surface area contributed by atoms with Gasteiger partial charge in [0.05, 0.1) is 20.3 Å². The topological polar surface area (TPSA) is 65.1 Å². The van der Waals surface area contributed by atoms with Crippen molar-refractivity contribution in [2.75, 3.05) is 19.1 Å². The molecule has 7 heteroatoms. The third kappa shape index (κ3) is 4.43. The van der Waals surface area contributed by atoms with Gasteiger partial charge in [-0.2, -0.15) is 0 Å². The molecule has 0 saturated carbocycles. The molecular weight excluding hydrogens is 426 g/mol. The van der Waals surface area contributed by atoms with E-state index in [2.05, 4.69) is 0 Å². The molecule has 0 aliphatic carbocycles. The molecule has 0 spiro atoms. The van der Waals surface area contributed by atoms with Crippen LogP contribution in [0, 0.1) is 0 Å². The summed E-state index contributed by atoms with van der Waals surface area (Å²) >= 11 is 0.963. The van der Waals surface area contributed by atoms with Gasteiger partial charge in [-0.1, -0.05) is 48.5 Å². The maximum Gasteiger partial charge on any atom is 0.321 e. The maximum absolute atomic E-state index is 13.0. The lowest BCUT2D eigenvalue weighted by molar-refractivity contribution is -0.140. The van der Waals surface area contributed by atoms with Crippen LogP contribution in [0.4, 0.5) is 10.5 Å². The summed E-state index contributed by atoms with van der Waals surface area (Å²) in [4.78, 5) is 27.3. The standard InChI is InChI=1S/C25H23NO5S/c1-29-19-13-14-20(21(15-19)31-16-17-9-5-3-6-10-17)22-23(24(27)30-2)32-25(28)26(22)18-11-7-4-8-12-18/h3-15,22-23H,16H2,1-2H3/t22-,23+/m1/s1. The summed E-state index contributed by atoms with van der Waals surface area (Å²) in [5.74, 6) is 0.703. The molecule has 3 aromatic carbocycles. The predicted molar refractivity (Wildman–Crippen MR) is 124 cm³/mol. The number of carbonyl (C=O) groups excluding carboxylic acids is 2. The second-order valence-corrected chi connectivity index (χ2v) is 8.25. The minimum atomic E-state index is -0.736. The van der Waals surface area contributed by atoms with Crippen molar-refractivity contribution in [3.05, 3.63) is 90.0 Å². The molecule has 4 rings (SSSR count). The fourth-order valence-electron chi connectivity index (χ4n) is 3.68. The second-order valence-electron chi connectivity index (χ2n) is 7.16. The molecule has 0 unspecified atom stereocenters. The Bertz CT molecular complexity index is 1090. The molecule has 2 atom stereocenters. The van der Waals surface area contributed by atoms with Gasteiger partial charge >= 0.3 is 5.97 Å². The number of carbonyl (C=O) groups is 2. The lowest BCUT2D eigenvalue weighted by Crippen LogP contribution is -2.33. The van der Waals surface area contributed by atoms with Crippen molar-refractivity contribution in [3.8, 4) is 11.5 Å². The molecule has 1 aliphatic heterocycles. The normalized spacial score (nSPS) is 17.8. The highest BCUT2D eigenvalue weighted by Crippen LogP contribution is 2.48. The summed E-state index contributed by atoms with van der Waals surface area (Å²) in [5.41, 5.74) is 2.41. The molecule has 1 saturated heterocycles. The van der Waals surface area contributed by atoms with E-state index in [4.69, 9.17) is 14.2 Å². The Morgan fingerprint density at radius 1 is 0.969 bits per heavy atom. The van der Waals surface area contributed by atoms with Crippen LogP contribution < -0.4 is 14.4 Å². The minimum Gasteiger partial charge on any atom is -0.497 e. The summed E-state index contributed by atoms with van der Waals surface area (Å²) in [7, 11) is 2.91.